The quantitative estimate of drug-likeness (QED) is 0.639. The number of alkyl halides is 3. The Morgan fingerprint density at radius 2 is 1.81 bits per heavy atom. The van der Waals surface area contributed by atoms with Gasteiger partial charge >= 0.3 is 6.36 Å². The van der Waals surface area contributed by atoms with Crippen molar-refractivity contribution in [3.05, 3.63) is 42.0 Å². The predicted molar refractivity (Wildman–Crippen MR) is 50.8 cm³/mol. The molecule has 0 radical (unpaired) electrons. The first-order chi connectivity index (χ1) is 7.38. The second-order valence-corrected chi connectivity index (χ2v) is 2.82. The summed E-state index contributed by atoms with van der Waals surface area (Å²) in [6.45, 7) is 0. The SMILES string of the molecule is NC(=O)C=C(OC(F)(F)F)c1ccccc1. The third kappa shape index (κ3) is 4.04. The van der Waals surface area contributed by atoms with Crippen LogP contribution in [0.25, 0.3) is 5.76 Å². The summed E-state index contributed by atoms with van der Waals surface area (Å²) in [5.41, 5.74) is 4.91. The van der Waals surface area contributed by atoms with Gasteiger partial charge in [-0.25, -0.2) is 0 Å². The second kappa shape index (κ2) is 4.69. The highest BCUT2D eigenvalue weighted by Crippen LogP contribution is 2.26. The van der Waals surface area contributed by atoms with Gasteiger partial charge in [-0.15, -0.1) is 13.2 Å². The summed E-state index contributed by atoms with van der Waals surface area (Å²) in [5, 5.41) is 0. The second-order valence-electron chi connectivity index (χ2n) is 2.82. The molecule has 0 aliphatic heterocycles. The predicted octanol–water partition coefficient (Wildman–Crippen LogP) is 2.05. The van der Waals surface area contributed by atoms with Crippen molar-refractivity contribution in [2.24, 2.45) is 5.73 Å². The van der Waals surface area contributed by atoms with Crippen LogP contribution in [-0.4, -0.2) is 12.3 Å². The average Bonchev–Trinajstić information content (AvgIpc) is 2.15. The van der Waals surface area contributed by atoms with Gasteiger partial charge in [-0.1, -0.05) is 30.3 Å². The molecule has 0 aromatic heterocycles. The fraction of sp³-hybridized carbons (Fsp3) is 0.100. The number of hydrogen-bond donors (Lipinski definition) is 1. The summed E-state index contributed by atoms with van der Waals surface area (Å²) >= 11 is 0. The van der Waals surface area contributed by atoms with Gasteiger partial charge in [-0.2, -0.15) is 0 Å². The molecule has 86 valence electrons. The fourth-order valence-corrected chi connectivity index (χ4v) is 1.03. The standard InChI is InChI=1S/C10H8F3NO2/c11-10(12,13)16-8(6-9(14)15)7-4-2-1-3-5-7/h1-6H,(H2,14,15). The van der Waals surface area contributed by atoms with E-state index in [1.807, 2.05) is 0 Å². The van der Waals surface area contributed by atoms with Crippen LogP contribution in [0.5, 0.6) is 0 Å². The molecule has 0 spiro atoms. The van der Waals surface area contributed by atoms with Crippen LogP contribution in [0.1, 0.15) is 5.56 Å². The first-order valence-electron chi connectivity index (χ1n) is 4.21. The zero-order chi connectivity index (χ0) is 12.2. The van der Waals surface area contributed by atoms with E-state index in [0.717, 1.165) is 0 Å². The molecule has 1 aromatic rings. The van der Waals surface area contributed by atoms with Crippen LogP contribution in [0.3, 0.4) is 0 Å². The lowest BCUT2D eigenvalue weighted by molar-refractivity contribution is -0.290. The Balaban J connectivity index is 3.03. The van der Waals surface area contributed by atoms with Crippen molar-refractivity contribution in [1.29, 1.82) is 0 Å². The molecule has 1 rings (SSSR count). The van der Waals surface area contributed by atoms with E-state index >= 15 is 0 Å². The van der Waals surface area contributed by atoms with E-state index in [4.69, 9.17) is 5.73 Å². The molecule has 0 atom stereocenters. The van der Waals surface area contributed by atoms with E-state index in [1.165, 1.54) is 24.3 Å². The lowest BCUT2D eigenvalue weighted by Crippen LogP contribution is -2.15. The first kappa shape index (κ1) is 12.1. The number of halogens is 3. The average molecular weight is 231 g/mol. The summed E-state index contributed by atoms with van der Waals surface area (Å²) in [4.78, 5) is 10.6. The normalized spacial score (nSPS) is 12.3. The molecule has 0 aliphatic carbocycles. The zero-order valence-electron chi connectivity index (χ0n) is 7.99. The molecule has 1 amide bonds. The first-order valence-corrected chi connectivity index (χ1v) is 4.21. The smallest absolute Gasteiger partial charge is 0.405 e. The molecule has 0 saturated heterocycles. The number of primary amides is 1. The number of amides is 1. The largest absolute Gasteiger partial charge is 0.573 e. The molecule has 16 heavy (non-hydrogen) atoms. The zero-order valence-corrected chi connectivity index (χ0v) is 7.99. The Kier molecular flexibility index (Phi) is 3.55. The van der Waals surface area contributed by atoms with Crippen LogP contribution < -0.4 is 5.73 Å². The van der Waals surface area contributed by atoms with Gasteiger partial charge in [0.15, 0.2) is 0 Å². The van der Waals surface area contributed by atoms with Crippen LogP contribution in [0, 0.1) is 0 Å². The van der Waals surface area contributed by atoms with Gasteiger partial charge in [-0.3, -0.25) is 4.79 Å². The van der Waals surface area contributed by atoms with Gasteiger partial charge in [0.2, 0.25) is 5.91 Å². The van der Waals surface area contributed by atoms with Crippen molar-refractivity contribution in [2.45, 2.75) is 6.36 Å². The summed E-state index contributed by atoms with van der Waals surface area (Å²) in [7, 11) is 0. The molecule has 2 N–H and O–H groups in total. The summed E-state index contributed by atoms with van der Waals surface area (Å²) in [6.07, 6.45) is -4.28. The Morgan fingerprint density at radius 1 is 1.25 bits per heavy atom. The number of benzene rings is 1. The number of hydrogen-bond acceptors (Lipinski definition) is 2. The van der Waals surface area contributed by atoms with E-state index in [9.17, 15) is 18.0 Å². The lowest BCUT2D eigenvalue weighted by Gasteiger charge is -2.12. The van der Waals surface area contributed by atoms with Crippen molar-refractivity contribution in [3.8, 4) is 0 Å². The van der Waals surface area contributed by atoms with Crippen molar-refractivity contribution >= 4 is 11.7 Å². The third-order valence-corrected chi connectivity index (χ3v) is 1.56. The topological polar surface area (TPSA) is 52.3 Å². The van der Waals surface area contributed by atoms with E-state index in [-0.39, 0.29) is 5.56 Å². The van der Waals surface area contributed by atoms with Crippen LogP contribution in [-0.2, 0) is 9.53 Å². The van der Waals surface area contributed by atoms with Gasteiger partial charge in [0, 0.05) is 11.6 Å². The maximum atomic E-state index is 12.0. The molecule has 0 heterocycles. The van der Waals surface area contributed by atoms with E-state index in [1.54, 1.807) is 6.07 Å². The minimum absolute atomic E-state index is 0.124. The van der Waals surface area contributed by atoms with Gasteiger partial charge in [0.05, 0.1) is 0 Å². The Morgan fingerprint density at radius 3 is 2.25 bits per heavy atom. The number of ether oxygens (including phenoxy) is 1. The minimum Gasteiger partial charge on any atom is -0.405 e. The van der Waals surface area contributed by atoms with Crippen molar-refractivity contribution in [2.75, 3.05) is 0 Å². The molecule has 1 aromatic carbocycles. The molecule has 0 bridgehead atoms. The molecule has 0 saturated carbocycles. The van der Waals surface area contributed by atoms with Gasteiger partial charge in [-0.05, 0) is 0 Å². The highest BCUT2D eigenvalue weighted by atomic mass is 19.4. The summed E-state index contributed by atoms with van der Waals surface area (Å²) in [6, 6.07) is 7.41. The number of rotatable bonds is 3. The van der Waals surface area contributed by atoms with E-state index in [0.29, 0.717) is 6.08 Å². The van der Waals surface area contributed by atoms with Crippen LogP contribution in [0.2, 0.25) is 0 Å². The monoisotopic (exact) mass is 231 g/mol. The van der Waals surface area contributed by atoms with Crippen LogP contribution in [0.4, 0.5) is 13.2 Å². The highest BCUT2D eigenvalue weighted by molar-refractivity contribution is 5.92. The molecule has 6 heteroatoms. The number of carbonyl (C=O) groups excluding carboxylic acids is 1. The van der Waals surface area contributed by atoms with Gasteiger partial charge in [0.1, 0.15) is 5.76 Å². The molecule has 0 aliphatic rings. The molecular formula is C10H8F3NO2. The van der Waals surface area contributed by atoms with E-state index < -0.39 is 18.0 Å². The Hall–Kier alpha value is -1.98. The number of nitrogens with two attached hydrogens (primary N) is 1. The van der Waals surface area contributed by atoms with Crippen molar-refractivity contribution < 1.29 is 22.7 Å². The highest BCUT2D eigenvalue weighted by Gasteiger charge is 2.32. The molecule has 0 fully saturated rings. The van der Waals surface area contributed by atoms with Gasteiger partial charge < -0.3 is 10.5 Å². The maximum Gasteiger partial charge on any atom is 0.573 e. The van der Waals surface area contributed by atoms with E-state index in [2.05, 4.69) is 4.74 Å². The Labute approximate surface area is 89.3 Å². The molecule has 0 unspecified atom stereocenters. The summed E-state index contributed by atoms with van der Waals surface area (Å²) in [5.74, 6) is -1.64. The Bertz CT molecular complexity index is 398. The fourth-order valence-electron chi connectivity index (χ4n) is 1.03. The summed E-state index contributed by atoms with van der Waals surface area (Å²) < 4.78 is 39.8. The maximum absolute atomic E-state index is 12.0. The molecular weight excluding hydrogens is 223 g/mol. The van der Waals surface area contributed by atoms with Crippen molar-refractivity contribution in [1.82, 2.24) is 0 Å². The van der Waals surface area contributed by atoms with Crippen LogP contribution in [0.15, 0.2) is 36.4 Å². The van der Waals surface area contributed by atoms with Crippen molar-refractivity contribution in [3.63, 3.8) is 0 Å². The number of carbonyl (C=O) groups is 1. The van der Waals surface area contributed by atoms with Crippen LogP contribution >= 0.6 is 0 Å². The lowest BCUT2D eigenvalue weighted by atomic mass is 10.2. The minimum atomic E-state index is -4.86. The third-order valence-electron chi connectivity index (χ3n) is 1.56. The van der Waals surface area contributed by atoms with Gasteiger partial charge in [0.25, 0.3) is 0 Å². The molecule has 3 nitrogen and oxygen atoms in total.